The van der Waals surface area contributed by atoms with Crippen molar-refractivity contribution in [3.63, 3.8) is 0 Å². The number of nitrogens with zero attached hydrogens (tertiary/aromatic N) is 3. The highest BCUT2D eigenvalue weighted by molar-refractivity contribution is 7.99. The van der Waals surface area contributed by atoms with Crippen LogP contribution in [0.25, 0.3) is 33.2 Å². The second kappa shape index (κ2) is 9.47. The van der Waals surface area contributed by atoms with Crippen LogP contribution in [-0.4, -0.2) is 43.5 Å². The average Bonchev–Trinajstić information content (AvgIpc) is 3.31. The van der Waals surface area contributed by atoms with Crippen LogP contribution in [0.4, 0.5) is 0 Å². The van der Waals surface area contributed by atoms with Crippen LogP contribution >= 0.6 is 11.8 Å². The van der Waals surface area contributed by atoms with E-state index in [4.69, 9.17) is 4.74 Å². The van der Waals surface area contributed by atoms with Crippen LogP contribution in [0.2, 0.25) is 0 Å². The van der Waals surface area contributed by atoms with E-state index < -0.39 is 5.97 Å². The zero-order valence-electron chi connectivity index (χ0n) is 18.6. The largest absolute Gasteiger partial charge is 0.510 e. The lowest BCUT2D eigenvalue weighted by Crippen LogP contribution is -2.22. The molecule has 0 amide bonds. The van der Waals surface area contributed by atoms with E-state index in [1.54, 1.807) is 24.3 Å². The van der Waals surface area contributed by atoms with Crippen molar-refractivity contribution in [2.24, 2.45) is 0 Å². The molecule has 0 aliphatic heterocycles. The number of hydrogen-bond donors (Lipinski definition) is 2. The lowest BCUT2D eigenvalue weighted by molar-refractivity contribution is -0.133. The molecular weight excluding hydrogens is 464 g/mol. The molecule has 0 aliphatic carbocycles. The van der Waals surface area contributed by atoms with Crippen LogP contribution in [-0.2, 0) is 9.53 Å². The van der Waals surface area contributed by atoms with Crippen molar-refractivity contribution in [3.8, 4) is 5.69 Å². The average molecular weight is 485 g/mol. The van der Waals surface area contributed by atoms with Crippen LogP contribution < -0.4 is 5.56 Å². The van der Waals surface area contributed by atoms with E-state index in [0.717, 1.165) is 17.3 Å². The maximum atomic E-state index is 13.3. The molecule has 5 rings (SSSR count). The van der Waals surface area contributed by atoms with Crippen LogP contribution in [0.1, 0.15) is 5.82 Å². The maximum absolute atomic E-state index is 13.3. The Morgan fingerprint density at radius 3 is 2.40 bits per heavy atom. The number of methoxy groups -OCH3 is 1. The number of benzene rings is 3. The van der Waals surface area contributed by atoms with E-state index in [-0.39, 0.29) is 28.5 Å². The van der Waals surface area contributed by atoms with Gasteiger partial charge in [-0.05, 0) is 36.4 Å². The van der Waals surface area contributed by atoms with E-state index in [1.807, 2.05) is 54.6 Å². The second-order valence-electron chi connectivity index (χ2n) is 7.59. The zero-order valence-corrected chi connectivity index (χ0v) is 19.5. The third kappa shape index (κ3) is 4.29. The third-order valence-corrected chi connectivity index (χ3v) is 6.35. The predicted octanol–water partition coefficient (Wildman–Crippen LogP) is 4.50. The standard InChI is InChI=1S/C26H20N4O4S/c1-34-25(33)22(23-27-19-13-7-8-14-20(19)28-23)21(31)15-35-26-29-18-12-6-5-11-17(18)24(32)30(26)16-9-3-2-4-10-16/h2-14,31H,15H2,1H3,(H,27,28)/b22-21+. The van der Waals surface area contributed by atoms with Crippen LogP contribution in [0.3, 0.4) is 0 Å². The summed E-state index contributed by atoms with van der Waals surface area (Å²) in [5.41, 5.74) is 2.26. The van der Waals surface area contributed by atoms with Gasteiger partial charge in [-0.25, -0.2) is 14.8 Å². The molecule has 0 radical (unpaired) electrons. The number of nitrogens with one attached hydrogen (secondary N) is 1. The molecule has 0 bridgehead atoms. The fraction of sp³-hybridized carbons (Fsp3) is 0.0769. The van der Waals surface area contributed by atoms with E-state index in [2.05, 4.69) is 15.0 Å². The Balaban J connectivity index is 1.58. The molecule has 5 aromatic rings. The fourth-order valence-corrected chi connectivity index (χ4v) is 4.63. The quantitative estimate of drug-likeness (QED) is 0.120. The van der Waals surface area contributed by atoms with E-state index in [1.165, 1.54) is 11.7 Å². The summed E-state index contributed by atoms with van der Waals surface area (Å²) in [7, 11) is 1.24. The Kier molecular flexibility index (Phi) is 6.07. The first kappa shape index (κ1) is 22.4. The van der Waals surface area contributed by atoms with Gasteiger partial charge in [0.25, 0.3) is 5.56 Å². The number of carbonyl (C=O) groups is 1. The SMILES string of the molecule is COC(=O)/C(=C(/O)CSc1nc2ccccc2c(=O)n1-c1ccccc1)c1nc2ccccc2[nH]1. The van der Waals surface area contributed by atoms with Gasteiger partial charge >= 0.3 is 5.97 Å². The van der Waals surface area contributed by atoms with Crippen LogP contribution in [0.5, 0.6) is 0 Å². The van der Waals surface area contributed by atoms with Gasteiger partial charge < -0.3 is 14.8 Å². The number of H-pyrrole nitrogens is 1. The molecule has 35 heavy (non-hydrogen) atoms. The van der Waals surface area contributed by atoms with Crippen molar-refractivity contribution in [1.82, 2.24) is 19.5 Å². The number of aromatic amines is 1. The van der Waals surface area contributed by atoms with Crippen molar-refractivity contribution in [2.75, 3.05) is 12.9 Å². The van der Waals surface area contributed by atoms with E-state index in [0.29, 0.717) is 27.3 Å². The highest BCUT2D eigenvalue weighted by atomic mass is 32.2. The number of carbonyl (C=O) groups excluding carboxylic acids is 1. The summed E-state index contributed by atoms with van der Waals surface area (Å²) in [5, 5.41) is 11.8. The molecule has 8 nitrogen and oxygen atoms in total. The van der Waals surface area contributed by atoms with Gasteiger partial charge in [0.05, 0.1) is 40.5 Å². The minimum atomic E-state index is -0.728. The summed E-state index contributed by atoms with van der Waals surface area (Å²) in [6.45, 7) is 0. The number of thioether (sulfide) groups is 1. The Labute approximate surface area is 203 Å². The summed E-state index contributed by atoms with van der Waals surface area (Å²) >= 11 is 1.13. The van der Waals surface area contributed by atoms with Gasteiger partial charge in [-0.3, -0.25) is 9.36 Å². The molecule has 0 unspecified atom stereocenters. The molecule has 0 fully saturated rings. The monoisotopic (exact) mass is 484 g/mol. The Morgan fingerprint density at radius 2 is 1.66 bits per heavy atom. The Hall–Kier alpha value is -4.37. The van der Waals surface area contributed by atoms with E-state index >= 15 is 0 Å². The molecule has 0 atom stereocenters. The minimum Gasteiger partial charge on any atom is -0.510 e. The lowest BCUT2D eigenvalue weighted by Gasteiger charge is -2.13. The number of aliphatic hydroxyl groups excluding tert-OH is 1. The summed E-state index contributed by atoms with van der Waals surface area (Å²) < 4.78 is 6.41. The highest BCUT2D eigenvalue weighted by Gasteiger charge is 2.23. The second-order valence-corrected chi connectivity index (χ2v) is 8.53. The highest BCUT2D eigenvalue weighted by Crippen LogP contribution is 2.27. The van der Waals surface area contributed by atoms with Crippen molar-refractivity contribution in [1.29, 1.82) is 0 Å². The van der Waals surface area contributed by atoms with Crippen molar-refractivity contribution < 1.29 is 14.6 Å². The summed E-state index contributed by atoms with van der Waals surface area (Å²) in [6.07, 6.45) is 0. The normalized spacial score (nSPS) is 12.0. The summed E-state index contributed by atoms with van der Waals surface area (Å²) in [4.78, 5) is 38.1. The number of imidazole rings is 1. The third-order valence-electron chi connectivity index (χ3n) is 5.40. The van der Waals surface area contributed by atoms with Crippen molar-refractivity contribution in [2.45, 2.75) is 5.16 Å². The molecule has 0 spiro atoms. The molecule has 9 heteroatoms. The van der Waals surface area contributed by atoms with Gasteiger partial charge in [0.2, 0.25) is 0 Å². The van der Waals surface area contributed by atoms with Gasteiger partial charge in [0.1, 0.15) is 17.2 Å². The summed E-state index contributed by atoms with van der Waals surface area (Å²) in [6, 6.07) is 23.5. The van der Waals surface area contributed by atoms with Crippen LogP contribution in [0, 0.1) is 0 Å². The molecule has 2 aromatic heterocycles. The zero-order chi connectivity index (χ0) is 24.4. The number of hydrogen-bond acceptors (Lipinski definition) is 7. The Bertz CT molecular complexity index is 1610. The number of aliphatic hydroxyl groups is 1. The lowest BCUT2D eigenvalue weighted by atomic mass is 10.2. The van der Waals surface area contributed by atoms with E-state index in [9.17, 15) is 14.7 Å². The first-order valence-electron chi connectivity index (χ1n) is 10.7. The first-order valence-corrected chi connectivity index (χ1v) is 11.7. The first-order chi connectivity index (χ1) is 17.1. The fourth-order valence-electron chi connectivity index (χ4n) is 3.74. The number of para-hydroxylation sites is 4. The molecular formula is C26H20N4O4S. The molecule has 2 N–H and O–H groups in total. The topological polar surface area (TPSA) is 110 Å². The maximum Gasteiger partial charge on any atom is 0.345 e. The number of rotatable bonds is 6. The van der Waals surface area contributed by atoms with Gasteiger partial charge in [0, 0.05) is 0 Å². The number of fused-ring (bicyclic) bond motifs is 2. The summed E-state index contributed by atoms with van der Waals surface area (Å²) in [5.74, 6) is -0.820. The van der Waals surface area contributed by atoms with Gasteiger partial charge in [-0.1, -0.05) is 54.2 Å². The van der Waals surface area contributed by atoms with Crippen molar-refractivity contribution in [3.05, 3.63) is 101 Å². The molecule has 174 valence electrons. The molecule has 0 saturated heterocycles. The number of ether oxygens (including phenoxy) is 1. The van der Waals surface area contributed by atoms with Gasteiger partial charge in [-0.15, -0.1) is 0 Å². The number of esters is 1. The minimum absolute atomic E-state index is 0.0426. The number of aromatic nitrogens is 4. The predicted molar refractivity (Wildman–Crippen MR) is 136 cm³/mol. The molecule has 2 heterocycles. The smallest absolute Gasteiger partial charge is 0.345 e. The molecule has 0 aliphatic rings. The van der Waals surface area contributed by atoms with Gasteiger partial charge in [-0.2, -0.15) is 0 Å². The van der Waals surface area contributed by atoms with Crippen molar-refractivity contribution >= 4 is 45.2 Å². The Morgan fingerprint density at radius 1 is 0.971 bits per heavy atom. The van der Waals surface area contributed by atoms with Crippen LogP contribution in [0.15, 0.2) is 94.6 Å². The van der Waals surface area contributed by atoms with Gasteiger partial charge in [0.15, 0.2) is 5.16 Å². The molecule has 3 aromatic carbocycles. The molecule has 0 saturated carbocycles.